The van der Waals surface area contributed by atoms with Crippen molar-refractivity contribution in [1.82, 2.24) is 9.78 Å². The molecule has 0 bridgehead atoms. The molecule has 0 atom stereocenters. The average Bonchev–Trinajstić information content (AvgIpc) is 2.91. The Morgan fingerprint density at radius 2 is 1.79 bits per heavy atom. The van der Waals surface area contributed by atoms with Gasteiger partial charge in [-0.3, -0.25) is 14.8 Å². The van der Waals surface area contributed by atoms with Crippen LogP contribution in [0.25, 0.3) is 11.1 Å². The van der Waals surface area contributed by atoms with Crippen molar-refractivity contribution in [2.45, 2.75) is 6.92 Å². The second-order valence-corrected chi connectivity index (χ2v) is 6.41. The molecular formula is C18H14ClF3N4O3. The number of methoxy groups -OCH3 is 1. The first-order valence-corrected chi connectivity index (χ1v) is 8.49. The maximum atomic E-state index is 14.7. The number of hydrogen-bond donors (Lipinski definition) is 1. The number of nitro groups is 1. The number of hydrogen-bond acceptors (Lipinski definition) is 5. The van der Waals surface area contributed by atoms with Gasteiger partial charge in [0.15, 0.2) is 0 Å². The predicted molar refractivity (Wildman–Crippen MR) is 101 cm³/mol. The van der Waals surface area contributed by atoms with Crippen molar-refractivity contribution < 1.29 is 22.8 Å². The Morgan fingerprint density at radius 3 is 2.34 bits per heavy atom. The van der Waals surface area contributed by atoms with E-state index in [4.69, 9.17) is 16.3 Å². The van der Waals surface area contributed by atoms with Crippen LogP contribution >= 0.6 is 11.6 Å². The molecule has 29 heavy (non-hydrogen) atoms. The number of aryl methyl sites for hydroxylation is 2. The Hall–Kier alpha value is -3.27. The molecule has 0 unspecified atom stereocenters. The van der Waals surface area contributed by atoms with Gasteiger partial charge < -0.3 is 10.1 Å². The molecule has 152 valence electrons. The highest BCUT2D eigenvalue weighted by molar-refractivity contribution is 6.34. The molecule has 0 aliphatic carbocycles. The zero-order valence-corrected chi connectivity index (χ0v) is 16.1. The minimum atomic E-state index is -0.930. The van der Waals surface area contributed by atoms with Crippen LogP contribution < -0.4 is 10.1 Å². The Kier molecular flexibility index (Phi) is 5.38. The summed E-state index contributed by atoms with van der Waals surface area (Å²) in [5.74, 6) is -2.80. The lowest BCUT2D eigenvalue weighted by atomic mass is 10.0. The zero-order chi connectivity index (χ0) is 21.5. The monoisotopic (exact) mass is 426 g/mol. The first-order chi connectivity index (χ1) is 13.6. The second-order valence-electron chi connectivity index (χ2n) is 6.04. The Morgan fingerprint density at radius 1 is 1.17 bits per heavy atom. The van der Waals surface area contributed by atoms with Crippen molar-refractivity contribution in [3.05, 3.63) is 62.5 Å². The first kappa shape index (κ1) is 20.5. The first-order valence-electron chi connectivity index (χ1n) is 8.12. The summed E-state index contributed by atoms with van der Waals surface area (Å²) in [7, 11) is 2.72. The number of ether oxygens (including phenoxy) is 1. The number of aromatic nitrogens is 2. The summed E-state index contributed by atoms with van der Waals surface area (Å²) in [4.78, 5) is 10.6. The van der Waals surface area contributed by atoms with Crippen molar-refractivity contribution in [3.63, 3.8) is 0 Å². The average molecular weight is 427 g/mol. The number of benzene rings is 2. The molecule has 1 heterocycles. The fourth-order valence-electron chi connectivity index (χ4n) is 2.94. The number of anilines is 2. The number of rotatable bonds is 5. The van der Waals surface area contributed by atoms with Crippen LogP contribution in [0.5, 0.6) is 5.75 Å². The van der Waals surface area contributed by atoms with Gasteiger partial charge in [0.25, 0.3) is 5.69 Å². The molecule has 3 rings (SSSR count). The van der Waals surface area contributed by atoms with E-state index < -0.39 is 38.6 Å². The lowest BCUT2D eigenvalue weighted by Crippen LogP contribution is -2.05. The summed E-state index contributed by atoms with van der Waals surface area (Å²) in [5, 5.41) is 17.5. The van der Waals surface area contributed by atoms with Gasteiger partial charge in [-0.2, -0.15) is 5.10 Å². The molecule has 11 heteroatoms. The smallest absolute Gasteiger partial charge is 0.294 e. The lowest BCUT2D eigenvalue weighted by Gasteiger charge is -2.13. The van der Waals surface area contributed by atoms with E-state index in [0.29, 0.717) is 0 Å². The van der Waals surface area contributed by atoms with Crippen molar-refractivity contribution in [1.29, 1.82) is 0 Å². The van der Waals surface area contributed by atoms with Crippen molar-refractivity contribution in [2.75, 3.05) is 12.4 Å². The highest BCUT2D eigenvalue weighted by Crippen LogP contribution is 2.41. The molecule has 0 aliphatic rings. The maximum absolute atomic E-state index is 14.7. The van der Waals surface area contributed by atoms with Crippen molar-refractivity contribution in [2.24, 2.45) is 7.05 Å². The van der Waals surface area contributed by atoms with E-state index >= 15 is 0 Å². The van der Waals surface area contributed by atoms with E-state index in [1.807, 2.05) is 0 Å². The van der Waals surface area contributed by atoms with Gasteiger partial charge in [0.05, 0.1) is 28.9 Å². The molecule has 0 amide bonds. The van der Waals surface area contributed by atoms with Gasteiger partial charge in [0.2, 0.25) is 0 Å². The summed E-state index contributed by atoms with van der Waals surface area (Å²) < 4.78 is 49.3. The Labute approximate surface area is 167 Å². The van der Waals surface area contributed by atoms with Crippen LogP contribution in [0.4, 0.5) is 30.4 Å². The van der Waals surface area contributed by atoms with Crippen molar-refractivity contribution >= 4 is 28.8 Å². The molecular weight excluding hydrogens is 413 g/mol. The molecule has 0 saturated heterocycles. The highest BCUT2D eigenvalue weighted by atomic mass is 35.5. The molecule has 0 radical (unpaired) electrons. The predicted octanol–water partition coefficient (Wildman–Crippen LogP) is 5.13. The lowest BCUT2D eigenvalue weighted by molar-refractivity contribution is -0.383. The van der Waals surface area contributed by atoms with Crippen molar-refractivity contribution in [3.8, 4) is 16.9 Å². The van der Waals surface area contributed by atoms with Crippen LogP contribution in [0.2, 0.25) is 5.02 Å². The number of halogens is 4. The fourth-order valence-corrected chi connectivity index (χ4v) is 3.14. The summed E-state index contributed by atoms with van der Waals surface area (Å²) in [6.45, 7) is 1.51. The van der Waals surface area contributed by atoms with Gasteiger partial charge in [0, 0.05) is 25.2 Å². The minimum absolute atomic E-state index is 0.000205. The van der Waals surface area contributed by atoms with Crippen LogP contribution in [0.15, 0.2) is 24.3 Å². The standard InChI is InChI=1S/C18H14ClF3N4O3/c1-8-14(15-11(21)6-9(29-3)7-12(15)22)18(25(2)24-8)23-17-13(26(27)28)5-4-10(20)16(17)19/h4-7,23H,1-3H3. The molecule has 3 aromatic rings. The quantitative estimate of drug-likeness (QED) is 0.452. The number of nitro benzene ring substituents is 1. The zero-order valence-electron chi connectivity index (χ0n) is 15.4. The topological polar surface area (TPSA) is 82.2 Å². The summed E-state index contributed by atoms with van der Waals surface area (Å²) in [5.41, 5.74) is -1.07. The molecule has 1 aromatic heterocycles. The molecule has 0 saturated carbocycles. The maximum Gasteiger partial charge on any atom is 0.294 e. The highest BCUT2D eigenvalue weighted by Gasteiger charge is 2.27. The molecule has 0 spiro atoms. The fraction of sp³-hybridized carbons (Fsp3) is 0.167. The molecule has 2 aromatic carbocycles. The van der Waals surface area contributed by atoms with Gasteiger partial charge in [-0.15, -0.1) is 0 Å². The summed E-state index contributed by atoms with van der Waals surface area (Å²) in [6.07, 6.45) is 0. The van der Waals surface area contributed by atoms with Crippen LogP contribution in [0.3, 0.4) is 0 Å². The van der Waals surface area contributed by atoms with Gasteiger partial charge in [-0.25, -0.2) is 13.2 Å². The van der Waals surface area contributed by atoms with E-state index in [2.05, 4.69) is 10.4 Å². The Balaban J connectivity index is 2.24. The largest absolute Gasteiger partial charge is 0.497 e. The van der Waals surface area contributed by atoms with E-state index in [-0.39, 0.29) is 28.5 Å². The van der Waals surface area contributed by atoms with Gasteiger partial charge in [-0.1, -0.05) is 11.6 Å². The Bertz CT molecular complexity index is 1110. The van der Waals surface area contributed by atoms with Gasteiger partial charge in [0.1, 0.15) is 39.7 Å². The normalized spacial score (nSPS) is 10.9. The SMILES string of the molecule is COc1cc(F)c(-c2c(C)nn(C)c2Nc2c([N+](=O)[O-])ccc(F)c2Cl)c(F)c1. The van der Waals surface area contributed by atoms with Crippen LogP contribution in [-0.4, -0.2) is 21.8 Å². The molecule has 0 fully saturated rings. The molecule has 1 N–H and O–H groups in total. The van der Waals surface area contributed by atoms with E-state index in [9.17, 15) is 23.3 Å². The van der Waals surface area contributed by atoms with E-state index in [1.165, 1.54) is 25.8 Å². The van der Waals surface area contributed by atoms with Gasteiger partial charge in [-0.05, 0) is 13.0 Å². The molecule has 0 aliphatic heterocycles. The van der Waals surface area contributed by atoms with E-state index in [1.54, 1.807) is 0 Å². The minimum Gasteiger partial charge on any atom is -0.497 e. The second kappa shape index (κ2) is 7.63. The van der Waals surface area contributed by atoms with E-state index in [0.717, 1.165) is 24.3 Å². The third kappa shape index (κ3) is 3.58. The third-order valence-electron chi connectivity index (χ3n) is 4.24. The molecule has 7 nitrogen and oxygen atoms in total. The van der Waals surface area contributed by atoms with Gasteiger partial charge >= 0.3 is 0 Å². The summed E-state index contributed by atoms with van der Waals surface area (Å²) >= 11 is 5.92. The van der Waals surface area contributed by atoms with Crippen LogP contribution in [-0.2, 0) is 7.05 Å². The number of nitrogens with one attached hydrogen (secondary N) is 1. The summed E-state index contributed by atoms with van der Waals surface area (Å²) in [6, 6.07) is 3.77. The third-order valence-corrected chi connectivity index (χ3v) is 4.61. The van der Waals surface area contributed by atoms with Crippen LogP contribution in [0, 0.1) is 34.5 Å². The number of nitrogens with zero attached hydrogens (tertiary/aromatic N) is 3. The van der Waals surface area contributed by atoms with Crippen LogP contribution in [0.1, 0.15) is 5.69 Å².